The standard InChI is InChI=1S/C12H18N4O/c1-7-6-10(16-12(13-3)14-7)11(17)15-8(2)9-4-5-9/h6,8-9H,4-5H2,1-3H3,(H,15,17)(H,13,14,16). The van der Waals surface area contributed by atoms with Crippen LogP contribution in [0, 0.1) is 12.8 Å². The molecule has 1 aromatic heterocycles. The van der Waals surface area contributed by atoms with E-state index in [1.54, 1.807) is 13.1 Å². The van der Waals surface area contributed by atoms with Crippen LogP contribution in [0.15, 0.2) is 6.07 Å². The lowest BCUT2D eigenvalue weighted by Gasteiger charge is -2.12. The van der Waals surface area contributed by atoms with E-state index in [-0.39, 0.29) is 11.9 Å². The van der Waals surface area contributed by atoms with Gasteiger partial charge in [0.2, 0.25) is 5.95 Å². The Morgan fingerprint density at radius 3 is 2.76 bits per heavy atom. The summed E-state index contributed by atoms with van der Waals surface area (Å²) in [5, 5.41) is 5.83. The number of aromatic nitrogens is 2. The summed E-state index contributed by atoms with van der Waals surface area (Å²) in [6, 6.07) is 1.94. The van der Waals surface area contributed by atoms with E-state index in [0.717, 1.165) is 5.69 Å². The second-order valence-corrected chi connectivity index (χ2v) is 4.57. The van der Waals surface area contributed by atoms with Crippen LogP contribution in [0.1, 0.15) is 35.9 Å². The molecule has 1 aromatic rings. The van der Waals surface area contributed by atoms with Gasteiger partial charge in [0.1, 0.15) is 5.69 Å². The molecule has 1 heterocycles. The lowest BCUT2D eigenvalue weighted by Crippen LogP contribution is -2.34. The molecular weight excluding hydrogens is 216 g/mol. The fourth-order valence-corrected chi connectivity index (χ4v) is 1.79. The number of nitrogens with one attached hydrogen (secondary N) is 2. The summed E-state index contributed by atoms with van der Waals surface area (Å²) in [5.41, 5.74) is 1.21. The first kappa shape index (κ1) is 11.8. The number of amides is 1. The molecule has 0 aliphatic heterocycles. The summed E-state index contributed by atoms with van der Waals surface area (Å²) >= 11 is 0. The van der Waals surface area contributed by atoms with Gasteiger partial charge in [-0.15, -0.1) is 0 Å². The third-order valence-electron chi connectivity index (χ3n) is 3.00. The smallest absolute Gasteiger partial charge is 0.270 e. The Morgan fingerprint density at radius 2 is 2.18 bits per heavy atom. The molecule has 1 aliphatic rings. The van der Waals surface area contributed by atoms with Crippen LogP contribution in [0.25, 0.3) is 0 Å². The van der Waals surface area contributed by atoms with Crippen LogP contribution in [0.2, 0.25) is 0 Å². The first-order valence-corrected chi connectivity index (χ1v) is 5.94. The molecule has 0 saturated heterocycles. The highest BCUT2D eigenvalue weighted by atomic mass is 16.1. The molecule has 1 amide bonds. The average molecular weight is 234 g/mol. The van der Waals surface area contributed by atoms with E-state index in [9.17, 15) is 4.79 Å². The van der Waals surface area contributed by atoms with Crippen molar-refractivity contribution >= 4 is 11.9 Å². The number of nitrogens with zero attached hydrogens (tertiary/aromatic N) is 2. The second kappa shape index (κ2) is 4.69. The van der Waals surface area contributed by atoms with Crippen LogP contribution in [0.5, 0.6) is 0 Å². The normalized spacial score (nSPS) is 16.4. The fraction of sp³-hybridized carbons (Fsp3) is 0.583. The van der Waals surface area contributed by atoms with Crippen molar-refractivity contribution in [3.05, 3.63) is 17.5 Å². The van der Waals surface area contributed by atoms with Crippen LogP contribution >= 0.6 is 0 Å². The highest BCUT2D eigenvalue weighted by Crippen LogP contribution is 2.32. The van der Waals surface area contributed by atoms with Gasteiger partial charge in [0.05, 0.1) is 0 Å². The van der Waals surface area contributed by atoms with Crippen LogP contribution < -0.4 is 10.6 Å². The van der Waals surface area contributed by atoms with Gasteiger partial charge in [-0.1, -0.05) is 0 Å². The molecule has 1 unspecified atom stereocenters. The maximum Gasteiger partial charge on any atom is 0.270 e. The summed E-state index contributed by atoms with van der Waals surface area (Å²) in [6.45, 7) is 3.90. The van der Waals surface area contributed by atoms with Crippen molar-refractivity contribution in [1.82, 2.24) is 15.3 Å². The van der Waals surface area contributed by atoms with Crippen molar-refractivity contribution in [2.75, 3.05) is 12.4 Å². The Morgan fingerprint density at radius 1 is 1.47 bits per heavy atom. The Balaban J connectivity index is 2.09. The molecule has 1 atom stereocenters. The van der Waals surface area contributed by atoms with Gasteiger partial charge in [-0.3, -0.25) is 4.79 Å². The van der Waals surface area contributed by atoms with E-state index >= 15 is 0 Å². The molecule has 92 valence electrons. The number of hydrogen-bond acceptors (Lipinski definition) is 4. The Labute approximate surface area is 101 Å². The zero-order valence-corrected chi connectivity index (χ0v) is 10.4. The zero-order chi connectivity index (χ0) is 12.4. The minimum Gasteiger partial charge on any atom is -0.357 e. The predicted molar refractivity (Wildman–Crippen MR) is 66.0 cm³/mol. The van der Waals surface area contributed by atoms with E-state index in [2.05, 4.69) is 20.6 Å². The van der Waals surface area contributed by atoms with Gasteiger partial charge in [-0.25, -0.2) is 9.97 Å². The van der Waals surface area contributed by atoms with Crippen molar-refractivity contribution in [3.8, 4) is 0 Å². The molecule has 0 aromatic carbocycles. The lowest BCUT2D eigenvalue weighted by atomic mass is 10.2. The molecule has 5 nitrogen and oxygen atoms in total. The lowest BCUT2D eigenvalue weighted by molar-refractivity contribution is 0.0930. The topological polar surface area (TPSA) is 66.9 Å². The third-order valence-corrected chi connectivity index (χ3v) is 3.00. The van der Waals surface area contributed by atoms with Gasteiger partial charge in [0, 0.05) is 18.8 Å². The first-order chi connectivity index (χ1) is 8.10. The van der Waals surface area contributed by atoms with Gasteiger partial charge >= 0.3 is 0 Å². The largest absolute Gasteiger partial charge is 0.357 e. The van der Waals surface area contributed by atoms with Crippen LogP contribution in [-0.4, -0.2) is 29.0 Å². The van der Waals surface area contributed by atoms with Crippen LogP contribution in [-0.2, 0) is 0 Å². The Kier molecular flexibility index (Phi) is 3.26. The minimum atomic E-state index is -0.119. The highest BCUT2D eigenvalue weighted by Gasteiger charge is 2.29. The number of anilines is 1. The molecule has 1 saturated carbocycles. The number of hydrogen-bond donors (Lipinski definition) is 2. The second-order valence-electron chi connectivity index (χ2n) is 4.57. The Bertz CT molecular complexity index is 429. The van der Waals surface area contributed by atoms with E-state index in [1.807, 2.05) is 13.8 Å². The van der Waals surface area contributed by atoms with Crippen molar-refractivity contribution in [3.63, 3.8) is 0 Å². The number of carbonyl (C=O) groups excluding carboxylic acids is 1. The average Bonchev–Trinajstić information content (AvgIpc) is 3.11. The van der Waals surface area contributed by atoms with E-state index in [4.69, 9.17) is 0 Å². The summed E-state index contributed by atoms with van der Waals surface area (Å²) in [4.78, 5) is 20.3. The summed E-state index contributed by atoms with van der Waals surface area (Å²) in [5.74, 6) is 1.01. The van der Waals surface area contributed by atoms with Gasteiger partial charge in [-0.05, 0) is 38.7 Å². The van der Waals surface area contributed by atoms with Gasteiger partial charge in [0.25, 0.3) is 5.91 Å². The molecule has 2 N–H and O–H groups in total. The summed E-state index contributed by atoms with van der Waals surface area (Å²) in [7, 11) is 1.74. The van der Waals surface area contributed by atoms with Gasteiger partial charge < -0.3 is 10.6 Å². The fourth-order valence-electron chi connectivity index (χ4n) is 1.79. The number of carbonyl (C=O) groups is 1. The zero-order valence-electron chi connectivity index (χ0n) is 10.4. The van der Waals surface area contributed by atoms with Crippen LogP contribution in [0.3, 0.4) is 0 Å². The monoisotopic (exact) mass is 234 g/mol. The molecular formula is C12H18N4O. The SMILES string of the molecule is CNc1nc(C)cc(C(=O)NC(C)C2CC2)n1. The molecule has 0 spiro atoms. The molecule has 5 heteroatoms. The maximum atomic E-state index is 12.0. The number of aryl methyl sites for hydroxylation is 1. The van der Waals surface area contributed by atoms with E-state index in [1.165, 1.54) is 12.8 Å². The summed E-state index contributed by atoms with van der Waals surface area (Å²) < 4.78 is 0. The minimum absolute atomic E-state index is 0.119. The van der Waals surface area contributed by atoms with Crippen molar-refractivity contribution in [2.24, 2.45) is 5.92 Å². The van der Waals surface area contributed by atoms with Gasteiger partial charge in [-0.2, -0.15) is 0 Å². The summed E-state index contributed by atoms with van der Waals surface area (Å²) in [6.07, 6.45) is 2.43. The van der Waals surface area contributed by atoms with Gasteiger partial charge in [0.15, 0.2) is 0 Å². The molecule has 0 radical (unpaired) electrons. The van der Waals surface area contributed by atoms with Crippen molar-refractivity contribution in [1.29, 1.82) is 0 Å². The molecule has 0 bridgehead atoms. The van der Waals surface area contributed by atoms with Crippen LogP contribution in [0.4, 0.5) is 5.95 Å². The van der Waals surface area contributed by atoms with Crippen molar-refractivity contribution < 1.29 is 4.79 Å². The Hall–Kier alpha value is -1.65. The molecule has 17 heavy (non-hydrogen) atoms. The van der Waals surface area contributed by atoms with Crippen molar-refractivity contribution in [2.45, 2.75) is 32.7 Å². The predicted octanol–water partition coefficient (Wildman–Crippen LogP) is 1.36. The quantitative estimate of drug-likeness (QED) is 0.825. The van der Waals surface area contributed by atoms with E-state index < -0.39 is 0 Å². The number of rotatable bonds is 4. The van der Waals surface area contributed by atoms with E-state index in [0.29, 0.717) is 17.6 Å². The first-order valence-electron chi connectivity index (χ1n) is 5.94. The third kappa shape index (κ3) is 2.93. The highest BCUT2D eigenvalue weighted by molar-refractivity contribution is 5.92. The maximum absolute atomic E-state index is 12.0. The molecule has 1 aliphatic carbocycles. The molecule has 1 fully saturated rings. The molecule has 2 rings (SSSR count).